The van der Waals surface area contributed by atoms with E-state index >= 15 is 0 Å². The second kappa shape index (κ2) is 50.4. The molecule has 0 N–H and O–H groups in total. The van der Waals surface area contributed by atoms with Gasteiger partial charge in [0.15, 0.2) is 6.10 Å². The van der Waals surface area contributed by atoms with Crippen LogP contribution in [0.4, 0.5) is 0 Å². The zero-order chi connectivity index (χ0) is 49.9. The van der Waals surface area contributed by atoms with E-state index in [-0.39, 0.29) is 42.7 Å². The molecule has 68 heavy (non-hydrogen) atoms. The topological polar surface area (TPSA) is 102 Å². The quantitative estimate of drug-likeness (QED) is 0.0259. The molecule has 0 saturated heterocycles. The van der Waals surface area contributed by atoms with Gasteiger partial charge in [-0.05, 0) is 77.0 Å². The normalized spacial score (nSPS) is 13.2. The highest BCUT2D eigenvalue weighted by Crippen LogP contribution is 2.16. The van der Waals surface area contributed by atoms with E-state index in [4.69, 9.17) is 14.2 Å². The van der Waals surface area contributed by atoms with Gasteiger partial charge in [-0.15, -0.1) is 0 Å². The third kappa shape index (κ3) is 48.1. The summed E-state index contributed by atoms with van der Waals surface area (Å²) >= 11 is 0. The number of esters is 2. The SMILES string of the molecule is CC/C=C/C/C=C/C/C=C/C/C=C/CCCCCCCCCCCCC(=O)OC(COCCC(C(=O)[O-])[N+](C)(C)C)COC(=O)CCCCCCCCC/C=C/CCCCCCCCCCCC. The molecule has 0 aromatic heterocycles. The predicted octanol–water partition coefficient (Wildman–Crippen LogP) is 15.5. The van der Waals surface area contributed by atoms with E-state index in [1.54, 1.807) is 21.1 Å². The molecule has 0 aliphatic rings. The zero-order valence-electron chi connectivity index (χ0n) is 45.0. The van der Waals surface area contributed by atoms with Crippen molar-refractivity contribution < 1.29 is 38.2 Å². The molecule has 8 nitrogen and oxygen atoms in total. The van der Waals surface area contributed by atoms with Crippen LogP contribution in [-0.4, -0.2) is 75.5 Å². The molecule has 0 saturated carbocycles. The summed E-state index contributed by atoms with van der Waals surface area (Å²) in [5.41, 5.74) is 0. The second-order valence-corrected chi connectivity index (χ2v) is 20.1. The first-order valence-electron chi connectivity index (χ1n) is 28.3. The number of rotatable bonds is 51. The van der Waals surface area contributed by atoms with Gasteiger partial charge in [0, 0.05) is 19.3 Å². The van der Waals surface area contributed by atoms with Gasteiger partial charge < -0.3 is 28.6 Å². The predicted molar refractivity (Wildman–Crippen MR) is 286 cm³/mol. The first-order chi connectivity index (χ1) is 33.1. The minimum atomic E-state index is -1.13. The van der Waals surface area contributed by atoms with Crippen LogP contribution in [-0.2, 0) is 28.6 Å². The maximum absolute atomic E-state index is 12.8. The summed E-state index contributed by atoms with van der Waals surface area (Å²) < 4.78 is 17.3. The third-order valence-corrected chi connectivity index (χ3v) is 12.6. The summed E-state index contributed by atoms with van der Waals surface area (Å²) in [6.07, 6.45) is 64.0. The van der Waals surface area contributed by atoms with Gasteiger partial charge in [-0.2, -0.15) is 0 Å². The molecule has 0 amide bonds. The van der Waals surface area contributed by atoms with Crippen molar-refractivity contribution >= 4 is 17.9 Å². The number of carboxylic acid groups (broad SMARTS) is 1. The summed E-state index contributed by atoms with van der Waals surface area (Å²) in [6.45, 7) is 4.57. The molecule has 0 radical (unpaired) electrons. The number of carboxylic acids is 1. The van der Waals surface area contributed by atoms with Crippen LogP contribution in [0.2, 0.25) is 0 Å². The standard InChI is InChI=1S/C60H107NO7/c1-6-8-10-12-14-16-18-20-22-24-26-28-29-31-33-35-37-39-41-43-45-47-49-51-59(63)68-56(54-66-53-52-57(60(64)65)61(3,4)5)55-67-58(62)50-48-46-44-42-40-38-36-34-32-30-27-25-23-21-19-17-15-13-11-9-7-2/h8,10,14,16,20,22,26,28,30,32,56-57H,6-7,9,11-13,15,17-19,21,23-25,27,29,31,33-55H2,1-5H3/b10-8+,16-14+,22-20+,28-26+,32-30+. The molecule has 0 fully saturated rings. The van der Waals surface area contributed by atoms with E-state index in [9.17, 15) is 19.5 Å². The number of allylic oxidation sites excluding steroid dienone is 10. The highest BCUT2D eigenvalue weighted by molar-refractivity contribution is 5.70. The molecule has 2 atom stereocenters. The zero-order valence-corrected chi connectivity index (χ0v) is 45.0. The fraction of sp³-hybridized carbons (Fsp3) is 0.783. The molecule has 0 aromatic rings. The number of nitrogens with zero attached hydrogens (tertiary/aromatic N) is 1. The summed E-state index contributed by atoms with van der Waals surface area (Å²) in [7, 11) is 5.42. The van der Waals surface area contributed by atoms with Crippen LogP contribution in [0.25, 0.3) is 0 Å². The molecule has 8 heteroatoms. The van der Waals surface area contributed by atoms with Gasteiger partial charge in [0.2, 0.25) is 0 Å². The maximum Gasteiger partial charge on any atom is 0.306 e. The van der Waals surface area contributed by atoms with Crippen LogP contribution in [0.15, 0.2) is 60.8 Å². The number of aliphatic carboxylic acids is 1. The summed E-state index contributed by atoms with van der Waals surface area (Å²) in [6, 6.07) is -0.730. The number of hydrogen-bond acceptors (Lipinski definition) is 7. The number of quaternary nitrogens is 1. The Labute approximate surface area is 419 Å². The van der Waals surface area contributed by atoms with Crippen LogP contribution in [0.5, 0.6) is 0 Å². The van der Waals surface area contributed by atoms with Crippen molar-refractivity contribution in [1.29, 1.82) is 0 Å². The summed E-state index contributed by atoms with van der Waals surface area (Å²) in [5.74, 6) is -1.74. The van der Waals surface area contributed by atoms with Crippen LogP contribution >= 0.6 is 0 Å². The number of ether oxygens (including phenoxy) is 3. The van der Waals surface area contributed by atoms with Gasteiger partial charge in [0.05, 0.1) is 40.3 Å². The van der Waals surface area contributed by atoms with E-state index in [1.807, 2.05) is 0 Å². The molecule has 0 rings (SSSR count). The van der Waals surface area contributed by atoms with Crippen molar-refractivity contribution in [3.05, 3.63) is 60.8 Å². The molecule has 0 aliphatic carbocycles. The number of carbonyl (C=O) groups is 3. The molecule has 0 heterocycles. The Bertz CT molecular complexity index is 1290. The lowest BCUT2D eigenvalue weighted by atomic mass is 10.0. The average molecular weight is 955 g/mol. The van der Waals surface area contributed by atoms with E-state index < -0.39 is 18.1 Å². The molecule has 394 valence electrons. The highest BCUT2D eigenvalue weighted by Gasteiger charge is 2.25. The molecule has 0 aliphatic heterocycles. The average Bonchev–Trinajstić information content (AvgIpc) is 3.30. The lowest BCUT2D eigenvalue weighted by molar-refractivity contribution is -0.889. The first-order valence-corrected chi connectivity index (χ1v) is 28.3. The van der Waals surface area contributed by atoms with Crippen LogP contribution in [0.1, 0.15) is 251 Å². The Hall–Kier alpha value is -2.97. The second-order valence-electron chi connectivity index (χ2n) is 20.1. The smallest absolute Gasteiger partial charge is 0.306 e. The van der Waals surface area contributed by atoms with Crippen molar-refractivity contribution in [3.8, 4) is 0 Å². The Morgan fingerprint density at radius 2 is 0.824 bits per heavy atom. The minimum absolute atomic E-state index is 0.0372. The Kier molecular flexibility index (Phi) is 48.2. The van der Waals surface area contributed by atoms with E-state index in [1.165, 1.54) is 154 Å². The monoisotopic (exact) mass is 954 g/mol. The fourth-order valence-corrected chi connectivity index (χ4v) is 8.29. The van der Waals surface area contributed by atoms with Crippen molar-refractivity contribution in [1.82, 2.24) is 0 Å². The number of unbranched alkanes of at least 4 members (excludes halogenated alkanes) is 27. The van der Waals surface area contributed by atoms with Crippen LogP contribution < -0.4 is 5.11 Å². The van der Waals surface area contributed by atoms with Gasteiger partial charge in [0.1, 0.15) is 12.6 Å². The van der Waals surface area contributed by atoms with Gasteiger partial charge in [0.25, 0.3) is 0 Å². The van der Waals surface area contributed by atoms with Crippen LogP contribution in [0.3, 0.4) is 0 Å². The van der Waals surface area contributed by atoms with Crippen molar-refractivity contribution in [2.24, 2.45) is 0 Å². The van der Waals surface area contributed by atoms with Gasteiger partial charge in [-0.25, -0.2) is 0 Å². The van der Waals surface area contributed by atoms with Gasteiger partial charge in [-0.1, -0.05) is 216 Å². The lowest BCUT2D eigenvalue weighted by Gasteiger charge is -2.34. The van der Waals surface area contributed by atoms with Crippen molar-refractivity contribution in [3.63, 3.8) is 0 Å². The molecule has 0 aromatic carbocycles. The number of carbonyl (C=O) groups excluding carboxylic acids is 3. The molecule has 0 bridgehead atoms. The van der Waals surface area contributed by atoms with Crippen molar-refractivity contribution in [2.45, 2.75) is 264 Å². The van der Waals surface area contributed by atoms with E-state index in [2.05, 4.69) is 74.6 Å². The summed E-state index contributed by atoms with van der Waals surface area (Å²) in [4.78, 5) is 37.2. The van der Waals surface area contributed by atoms with Gasteiger partial charge in [-0.3, -0.25) is 9.59 Å². The minimum Gasteiger partial charge on any atom is -0.544 e. The Balaban J connectivity index is 4.19. The largest absolute Gasteiger partial charge is 0.544 e. The van der Waals surface area contributed by atoms with E-state index in [0.29, 0.717) is 12.8 Å². The maximum atomic E-state index is 12.8. The summed E-state index contributed by atoms with van der Waals surface area (Å²) in [5, 5.41) is 11.7. The first kappa shape index (κ1) is 65.0. The lowest BCUT2D eigenvalue weighted by Crippen LogP contribution is -2.55. The fourth-order valence-electron chi connectivity index (χ4n) is 8.29. The molecule has 0 spiro atoms. The molecular formula is C60H107NO7. The van der Waals surface area contributed by atoms with E-state index in [0.717, 1.165) is 64.2 Å². The van der Waals surface area contributed by atoms with Gasteiger partial charge >= 0.3 is 11.9 Å². The number of likely N-dealkylation sites (N-methyl/N-ethyl adjacent to an activating group) is 1. The van der Waals surface area contributed by atoms with Crippen LogP contribution in [0, 0.1) is 0 Å². The van der Waals surface area contributed by atoms with Crippen molar-refractivity contribution in [2.75, 3.05) is 41.0 Å². The highest BCUT2D eigenvalue weighted by atomic mass is 16.6. The molecule has 2 unspecified atom stereocenters. The Morgan fingerprint density at radius 1 is 0.456 bits per heavy atom. The molecular weight excluding hydrogens is 847 g/mol. The third-order valence-electron chi connectivity index (χ3n) is 12.6. The Morgan fingerprint density at radius 3 is 1.24 bits per heavy atom. The number of hydrogen-bond donors (Lipinski definition) is 0.